The van der Waals surface area contributed by atoms with Crippen molar-refractivity contribution in [1.29, 1.82) is 0 Å². The maximum atomic E-state index is 10.9. The molecule has 0 saturated carbocycles. The molecule has 0 aliphatic heterocycles. The molecule has 0 spiro atoms. The number of hydrogen-bond acceptors (Lipinski definition) is 3. The van der Waals surface area contributed by atoms with Gasteiger partial charge >= 0.3 is 6.00 Å². The first-order valence-electron chi connectivity index (χ1n) is 3.05. The highest BCUT2D eigenvalue weighted by Crippen LogP contribution is 2.55. The van der Waals surface area contributed by atoms with Crippen LogP contribution in [-0.2, 0) is 4.57 Å². The van der Waals surface area contributed by atoms with E-state index in [1.807, 2.05) is 0 Å². The number of aryl methyl sites for hydroxylation is 1. The van der Waals surface area contributed by atoms with Gasteiger partial charge in [-0.15, -0.1) is 0 Å². The van der Waals surface area contributed by atoms with Gasteiger partial charge in [0.1, 0.15) is 11.6 Å². The number of anilines is 1. The fourth-order valence-corrected chi connectivity index (χ4v) is 1.56. The van der Waals surface area contributed by atoms with E-state index in [1.165, 1.54) is 12.3 Å². The minimum Gasteiger partial charge on any atom is -0.297 e. The molecule has 1 aromatic heterocycles. The Kier molecular flexibility index (Phi) is 2.94. The van der Waals surface area contributed by atoms with Crippen LogP contribution in [0.4, 0.5) is 5.82 Å². The third-order valence-electron chi connectivity index (χ3n) is 1.02. The molecule has 0 aliphatic rings. The first-order chi connectivity index (χ1) is 5.47. The van der Waals surface area contributed by atoms with Crippen LogP contribution in [-0.4, -0.2) is 9.97 Å². The maximum Gasteiger partial charge on any atom is 0.344 e. The van der Waals surface area contributed by atoms with Crippen molar-refractivity contribution in [2.45, 2.75) is 6.92 Å². The van der Waals surface area contributed by atoms with Crippen LogP contribution in [0.5, 0.6) is 0 Å². The van der Waals surface area contributed by atoms with E-state index in [9.17, 15) is 4.57 Å². The van der Waals surface area contributed by atoms with Crippen molar-refractivity contribution in [2.24, 2.45) is 0 Å². The zero-order chi connectivity index (χ0) is 9.19. The Balaban J connectivity index is 2.84. The average Bonchev–Trinajstić information content (AvgIpc) is 1.82. The molecular weight excluding hydrogens is 220 g/mol. The largest absolute Gasteiger partial charge is 0.344 e. The van der Waals surface area contributed by atoms with Crippen LogP contribution in [0, 0.1) is 6.92 Å². The zero-order valence-electron chi connectivity index (χ0n) is 6.16. The van der Waals surface area contributed by atoms with Gasteiger partial charge in [-0.3, -0.25) is 9.65 Å². The van der Waals surface area contributed by atoms with E-state index in [-0.39, 0.29) is 0 Å². The number of rotatable bonds is 2. The van der Waals surface area contributed by atoms with Gasteiger partial charge in [-0.2, -0.15) is 0 Å². The van der Waals surface area contributed by atoms with E-state index in [0.29, 0.717) is 11.6 Å². The minimum atomic E-state index is -3.30. The Bertz CT molecular complexity index is 326. The second kappa shape index (κ2) is 3.60. The summed E-state index contributed by atoms with van der Waals surface area (Å²) >= 11 is 10.5. The normalized spacial score (nSPS) is 11.2. The van der Waals surface area contributed by atoms with E-state index in [1.54, 1.807) is 6.92 Å². The third-order valence-corrected chi connectivity index (χ3v) is 2.02. The summed E-state index contributed by atoms with van der Waals surface area (Å²) in [6.07, 6.45) is 1.52. The topological polar surface area (TPSA) is 54.9 Å². The predicted octanol–water partition coefficient (Wildman–Crippen LogP) is 2.78. The molecule has 4 nitrogen and oxygen atoms in total. The van der Waals surface area contributed by atoms with Crippen LogP contribution in [0.2, 0.25) is 0 Å². The lowest BCUT2D eigenvalue weighted by Crippen LogP contribution is -1.93. The molecule has 0 atom stereocenters. The van der Waals surface area contributed by atoms with Gasteiger partial charge in [0.15, 0.2) is 0 Å². The number of nitrogens with one attached hydrogen (secondary N) is 1. The van der Waals surface area contributed by atoms with Crippen molar-refractivity contribution in [1.82, 2.24) is 9.97 Å². The quantitative estimate of drug-likeness (QED) is 0.787. The summed E-state index contributed by atoms with van der Waals surface area (Å²) in [6.45, 7) is 1.71. The van der Waals surface area contributed by atoms with Gasteiger partial charge in [0.25, 0.3) is 0 Å². The van der Waals surface area contributed by atoms with Crippen molar-refractivity contribution in [3.63, 3.8) is 0 Å². The van der Waals surface area contributed by atoms with Crippen molar-refractivity contribution >= 4 is 34.3 Å². The molecule has 7 heteroatoms. The molecule has 0 bridgehead atoms. The predicted molar refractivity (Wildman–Crippen MR) is 49.7 cm³/mol. The fraction of sp³-hybridized carbons (Fsp3) is 0.200. The summed E-state index contributed by atoms with van der Waals surface area (Å²) in [5, 5.41) is 2.36. The van der Waals surface area contributed by atoms with Gasteiger partial charge < -0.3 is 0 Å². The van der Waals surface area contributed by atoms with Crippen LogP contribution >= 0.6 is 28.5 Å². The standard InChI is InChI=1S/C5H6Cl2N3OP/c1-4-8-3-2-5(9-4)10-12(6,7)11/h2-3H,1H3,(H,8,9,10,11). The molecule has 0 fully saturated rings. The third kappa shape index (κ3) is 3.39. The van der Waals surface area contributed by atoms with E-state index >= 15 is 0 Å². The number of halogens is 2. The average molecular weight is 226 g/mol. The summed E-state index contributed by atoms with van der Waals surface area (Å²) in [4.78, 5) is 7.74. The second-order valence-electron chi connectivity index (χ2n) is 2.06. The van der Waals surface area contributed by atoms with Gasteiger partial charge in [-0.05, 0) is 35.5 Å². The monoisotopic (exact) mass is 225 g/mol. The molecule has 1 rings (SSSR count). The number of aromatic nitrogens is 2. The lowest BCUT2D eigenvalue weighted by atomic mass is 10.6. The molecule has 0 unspecified atom stereocenters. The molecule has 1 heterocycles. The number of nitrogens with zero attached hydrogens (tertiary/aromatic N) is 2. The maximum absolute atomic E-state index is 10.9. The molecule has 0 amide bonds. The van der Waals surface area contributed by atoms with E-state index in [0.717, 1.165) is 0 Å². The minimum absolute atomic E-state index is 0.357. The summed E-state index contributed by atoms with van der Waals surface area (Å²) in [5.74, 6) is -2.39. The van der Waals surface area contributed by atoms with Crippen LogP contribution in [0.25, 0.3) is 0 Å². The lowest BCUT2D eigenvalue weighted by Gasteiger charge is -2.04. The smallest absolute Gasteiger partial charge is 0.297 e. The second-order valence-corrected chi connectivity index (χ2v) is 6.59. The van der Waals surface area contributed by atoms with E-state index in [2.05, 4.69) is 15.1 Å². The summed E-state index contributed by atoms with van der Waals surface area (Å²) in [5.41, 5.74) is 0. The highest BCUT2D eigenvalue weighted by Gasteiger charge is 2.13. The Labute approximate surface area is 79.3 Å². The SMILES string of the molecule is Cc1nccc(NP(=O)(Cl)Cl)n1. The van der Waals surface area contributed by atoms with Gasteiger partial charge in [0.2, 0.25) is 0 Å². The van der Waals surface area contributed by atoms with Crippen molar-refractivity contribution in [2.75, 3.05) is 5.09 Å². The molecule has 1 aromatic rings. The molecule has 1 N–H and O–H groups in total. The summed E-state index contributed by atoms with van der Waals surface area (Å²) in [6, 6.07) is 1.53. The highest BCUT2D eigenvalue weighted by atomic mass is 35.9. The molecular formula is C5H6Cl2N3OP. The molecule has 0 aromatic carbocycles. The summed E-state index contributed by atoms with van der Waals surface area (Å²) < 4.78 is 10.9. The Morgan fingerprint density at radius 3 is 2.75 bits per heavy atom. The van der Waals surface area contributed by atoms with Crippen LogP contribution in [0.3, 0.4) is 0 Å². The lowest BCUT2D eigenvalue weighted by molar-refractivity contribution is 0.595. The molecule has 0 saturated heterocycles. The van der Waals surface area contributed by atoms with Gasteiger partial charge in [-0.1, -0.05) is 0 Å². The fourth-order valence-electron chi connectivity index (χ4n) is 0.652. The van der Waals surface area contributed by atoms with E-state index < -0.39 is 6.00 Å². The van der Waals surface area contributed by atoms with Crippen LogP contribution in [0.1, 0.15) is 5.82 Å². The van der Waals surface area contributed by atoms with Crippen LogP contribution in [0.15, 0.2) is 12.3 Å². The van der Waals surface area contributed by atoms with Gasteiger partial charge in [0.05, 0.1) is 0 Å². The molecule has 66 valence electrons. The Morgan fingerprint density at radius 2 is 2.25 bits per heavy atom. The van der Waals surface area contributed by atoms with Gasteiger partial charge in [0, 0.05) is 6.20 Å². The Morgan fingerprint density at radius 1 is 1.58 bits per heavy atom. The van der Waals surface area contributed by atoms with Crippen molar-refractivity contribution < 1.29 is 4.57 Å². The van der Waals surface area contributed by atoms with E-state index in [4.69, 9.17) is 22.5 Å². The highest BCUT2D eigenvalue weighted by molar-refractivity contribution is 8.09. The molecule has 0 aliphatic carbocycles. The van der Waals surface area contributed by atoms with Crippen molar-refractivity contribution in [3.05, 3.63) is 18.1 Å². The first-order valence-corrected chi connectivity index (χ1v) is 6.56. The number of hydrogen-bond donors (Lipinski definition) is 1. The van der Waals surface area contributed by atoms with Gasteiger partial charge in [-0.25, -0.2) is 9.97 Å². The first kappa shape index (κ1) is 9.78. The Hall–Kier alpha value is -0.310. The molecule has 0 radical (unpaired) electrons. The van der Waals surface area contributed by atoms with Crippen molar-refractivity contribution in [3.8, 4) is 0 Å². The zero-order valence-corrected chi connectivity index (χ0v) is 8.57. The molecule has 12 heavy (non-hydrogen) atoms. The summed E-state index contributed by atoms with van der Waals surface area (Å²) in [7, 11) is 0. The van der Waals surface area contributed by atoms with Crippen LogP contribution < -0.4 is 5.09 Å².